The van der Waals surface area contributed by atoms with Crippen molar-refractivity contribution in [1.82, 2.24) is 14.9 Å². The summed E-state index contributed by atoms with van der Waals surface area (Å²) < 4.78 is 0. The van der Waals surface area contributed by atoms with Crippen molar-refractivity contribution < 1.29 is 0 Å². The molecule has 0 N–H and O–H groups in total. The molecule has 1 aromatic heterocycles. The monoisotopic (exact) mass is 221 g/mol. The Kier molecular flexibility index (Phi) is 5.39. The van der Waals surface area contributed by atoms with Crippen molar-refractivity contribution in [3.05, 3.63) is 23.8 Å². The highest BCUT2D eigenvalue weighted by Crippen LogP contribution is 2.24. The number of rotatable bonds is 1. The van der Waals surface area contributed by atoms with Gasteiger partial charge in [0.05, 0.1) is 0 Å². The van der Waals surface area contributed by atoms with Gasteiger partial charge >= 0.3 is 0 Å². The number of likely N-dealkylation sites (tertiary alicyclic amines) is 1. The van der Waals surface area contributed by atoms with E-state index in [0.717, 1.165) is 12.4 Å². The van der Waals surface area contributed by atoms with Gasteiger partial charge in [-0.15, -0.1) is 0 Å². The van der Waals surface area contributed by atoms with Crippen molar-refractivity contribution >= 4 is 0 Å². The van der Waals surface area contributed by atoms with Crippen LogP contribution in [0.4, 0.5) is 0 Å². The molecular formula is C13H23N3. The van der Waals surface area contributed by atoms with Crippen LogP contribution < -0.4 is 0 Å². The van der Waals surface area contributed by atoms with Gasteiger partial charge in [-0.05, 0) is 44.8 Å². The lowest BCUT2D eigenvalue weighted by Gasteiger charge is -2.29. The molecule has 0 amide bonds. The molecule has 0 bridgehead atoms. The van der Waals surface area contributed by atoms with Gasteiger partial charge in [-0.1, -0.05) is 13.8 Å². The summed E-state index contributed by atoms with van der Waals surface area (Å²) in [6, 6.07) is 0. The molecule has 1 aliphatic rings. The molecule has 0 aromatic carbocycles. The zero-order chi connectivity index (χ0) is 12.0. The molecule has 0 unspecified atom stereocenters. The Morgan fingerprint density at radius 1 is 1.25 bits per heavy atom. The van der Waals surface area contributed by atoms with Gasteiger partial charge in [0.15, 0.2) is 0 Å². The second-order valence-electron chi connectivity index (χ2n) is 4.17. The molecule has 16 heavy (non-hydrogen) atoms. The average Bonchev–Trinajstić information content (AvgIpc) is 2.32. The fourth-order valence-electron chi connectivity index (χ4n) is 2.05. The SMILES string of the molecule is CC.Cc1ncc([C@H]2CCCN(C)C2)cn1. The number of likely N-dealkylation sites (N-methyl/N-ethyl adjacent to an activating group) is 1. The van der Waals surface area contributed by atoms with E-state index in [1.807, 2.05) is 33.2 Å². The zero-order valence-electron chi connectivity index (χ0n) is 10.9. The third-order valence-electron chi connectivity index (χ3n) is 2.90. The van der Waals surface area contributed by atoms with Crippen LogP contribution >= 0.6 is 0 Å². The van der Waals surface area contributed by atoms with Gasteiger partial charge in [-0.25, -0.2) is 9.97 Å². The maximum Gasteiger partial charge on any atom is 0.125 e. The van der Waals surface area contributed by atoms with Gasteiger partial charge in [0.25, 0.3) is 0 Å². The molecule has 1 saturated heterocycles. The molecule has 0 radical (unpaired) electrons. The van der Waals surface area contributed by atoms with E-state index in [-0.39, 0.29) is 0 Å². The van der Waals surface area contributed by atoms with Crippen LogP contribution in [-0.2, 0) is 0 Å². The first-order chi connectivity index (χ1) is 7.75. The Balaban J connectivity index is 0.000000606. The van der Waals surface area contributed by atoms with Crippen LogP contribution in [0.1, 0.15) is 44.0 Å². The quantitative estimate of drug-likeness (QED) is 0.730. The summed E-state index contributed by atoms with van der Waals surface area (Å²) in [7, 11) is 2.18. The Hall–Kier alpha value is -0.960. The molecule has 3 nitrogen and oxygen atoms in total. The van der Waals surface area contributed by atoms with Crippen molar-refractivity contribution in [1.29, 1.82) is 0 Å². The normalized spacial score (nSPS) is 21.1. The minimum Gasteiger partial charge on any atom is -0.306 e. The first-order valence-corrected chi connectivity index (χ1v) is 6.23. The van der Waals surface area contributed by atoms with Crippen LogP contribution in [0.5, 0.6) is 0 Å². The maximum absolute atomic E-state index is 4.25. The molecule has 1 atom stereocenters. The molecule has 1 fully saturated rings. The summed E-state index contributed by atoms with van der Waals surface area (Å²) in [6.45, 7) is 8.30. The molecule has 2 rings (SSSR count). The van der Waals surface area contributed by atoms with Gasteiger partial charge in [0.1, 0.15) is 5.82 Å². The first-order valence-electron chi connectivity index (χ1n) is 6.23. The number of piperidine rings is 1. The Labute approximate surface area is 98.9 Å². The van der Waals surface area contributed by atoms with Crippen LogP contribution in [0.2, 0.25) is 0 Å². The summed E-state index contributed by atoms with van der Waals surface area (Å²) in [4.78, 5) is 10.9. The number of aryl methyl sites for hydroxylation is 1. The zero-order valence-corrected chi connectivity index (χ0v) is 10.9. The lowest BCUT2D eigenvalue weighted by molar-refractivity contribution is 0.250. The summed E-state index contributed by atoms with van der Waals surface area (Å²) in [5, 5.41) is 0. The predicted octanol–water partition coefficient (Wildman–Crippen LogP) is 2.62. The smallest absolute Gasteiger partial charge is 0.125 e. The summed E-state index contributed by atoms with van der Waals surface area (Å²) in [6.07, 6.45) is 6.52. The van der Waals surface area contributed by atoms with Gasteiger partial charge < -0.3 is 4.90 Å². The van der Waals surface area contributed by atoms with Crippen molar-refractivity contribution in [3.63, 3.8) is 0 Å². The fourth-order valence-corrected chi connectivity index (χ4v) is 2.05. The van der Waals surface area contributed by atoms with Gasteiger partial charge in [0.2, 0.25) is 0 Å². The lowest BCUT2D eigenvalue weighted by Crippen LogP contribution is -2.30. The predicted molar refractivity (Wildman–Crippen MR) is 67.6 cm³/mol. The summed E-state index contributed by atoms with van der Waals surface area (Å²) in [5.41, 5.74) is 1.29. The molecule has 1 aliphatic heterocycles. The third kappa shape index (κ3) is 3.56. The van der Waals surface area contributed by atoms with E-state index in [1.54, 1.807) is 0 Å². The number of hydrogen-bond donors (Lipinski definition) is 0. The molecule has 2 heterocycles. The second-order valence-corrected chi connectivity index (χ2v) is 4.17. The van der Waals surface area contributed by atoms with E-state index in [1.165, 1.54) is 24.9 Å². The number of aromatic nitrogens is 2. The maximum atomic E-state index is 4.25. The Morgan fingerprint density at radius 3 is 2.44 bits per heavy atom. The third-order valence-corrected chi connectivity index (χ3v) is 2.90. The number of hydrogen-bond acceptors (Lipinski definition) is 3. The minimum atomic E-state index is 0.634. The van der Waals surface area contributed by atoms with E-state index in [9.17, 15) is 0 Å². The lowest BCUT2D eigenvalue weighted by atomic mass is 9.93. The van der Waals surface area contributed by atoms with Crippen molar-refractivity contribution in [2.75, 3.05) is 20.1 Å². The van der Waals surface area contributed by atoms with Crippen LogP contribution in [0.3, 0.4) is 0 Å². The molecule has 0 aliphatic carbocycles. The molecule has 3 heteroatoms. The van der Waals surface area contributed by atoms with E-state index >= 15 is 0 Å². The highest BCUT2D eigenvalue weighted by Gasteiger charge is 2.18. The summed E-state index contributed by atoms with van der Waals surface area (Å²) in [5.74, 6) is 1.49. The fraction of sp³-hybridized carbons (Fsp3) is 0.692. The second kappa shape index (κ2) is 6.59. The van der Waals surface area contributed by atoms with Crippen LogP contribution in [0.15, 0.2) is 12.4 Å². The molecule has 1 aromatic rings. The van der Waals surface area contributed by atoms with Gasteiger partial charge in [0, 0.05) is 18.9 Å². The van der Waals surface area contributed by atoms with E-state index in [2.05, 4.69) is 21.9 Å². The molecular weight excluding hydrogens is 198 g/mol. The molecule has 0 saturated carbocycles. The Bertz CT molecular complexity index is 295. The molecule has 0 spiro atoms. The standard InChI is InChI=1S/C11H17N3.C2H6/c1-9-12-6-11(7-13-9)10-4-3-5-14(2)8-10;1-2/h6-7,10H,3-5,8H2,1-2H3;1-2H3/t10-;/m0./s1. The van der Waals surface area contributed by atoms with Crippen LogP contribution in [0, 0.1) is 6.92 Å². The highest BCUT2D eigenvalue weighted by atomic mass is 15.1. The van der Waals surface area contributed by atoms with E-state index in [0.29, 0.717) is 5.92 Å². The van der Waals surface area contributed by atoms with Crippen molar-refractivity contribution in [2.24, 2.45) is 0 Å². The van der Waals surface area contributed by atoms with Gasteiger partial charge in [-0.2, -0.15) is 0 Å². The van der Waals surface area contributed by atoms with Crippen LogP contribution in [0.25, 0.3) is 0 Å². The topological polar surface area (TPSA) is 29.0 Å². The van der Waals surface area contributed by atoms with Gasteiger partial charge in [-0.3, -0.25) is 0 Å². The summed E-state index contributed by atoms with van der Waals surface area (Å²) >= 11 is 0. The largest absolute Gasteiger partial charge is 0.306 e. The Morgan fingerprint density at radius 2 is 1.88 bits per heavy atom. The highest BCUT2D eigenvalue weighted by molar-refractivity contribution is 5.12. The average molecular weight is 221 g/mol. The van der Waals surface area contributed by atoms with Crippen molar-refractivity contribution in [2.45, 2.75) is 39.5 Å². The van der Waals surface area contributed by atoms with E-state index in [4.69, 9.17) is 0 Å². The minimum absolute atomic E-state index is 0.634. The molecule has 90 valence electrons. The van der Waals surface area contributed by atoms with Crippen molar-refractivity contribution in [3.8, 4) is 0 Å². The van der Waals surface area contributed by atoms with Crippen LogP contribution in [-0.4, -0.2) is 35.0 Å². The number of nitrogens with zero attached hydrogens (tertiary/aromatic N) is 3. The van der Waals surface area contributed by atoms with E-state index < -0.39 is 0 Å². The first kappa shape index (κ1) is 13.1.